The van der Waals surface area contributed by atoms with Crippen LogP contribution in [0.1, 0.15) is 0 Å². The van der Waals surface area contributed by atoms with Crippen LogP contribution >= 0.6 is 16.1 Å². The first kappa shape index (κ1) is 19.7. The third-order valence-electron chi connectivity index (χ3n) is 0. The summed E-state index contributed by atoms with van der Waals surface area (Å²) < 4.78 is 49.2. The van der Waals surface area contributed by atoms with Gasteiger partial charge in [0.05, 0.1) is 0 Å². The summed E-state index contributed by atoms with van der Waals surface area (Å²) >= 11 is 0. The Labute approximate surface area is 78.4 Å². The molecule has 0 radical (unpaired) electrons. The third kappa shape index (κ3) is 88900. The number of hydrogen-bond donors (Lipinski definition) is 7. The molecular formula is H8O11P2S. The maximum atomic E-state index is 8.88. The van der Waals surface area contributed by atoms with Gasteiger partial charge in [-0.2, -0.15) is 8.42 Å². The van der Waals surface area contributed by atoms with E-state index in [1.54, 1.807) is 0 Å². The minimum absolute atomic E-state index is 3.13. The highest BCUT2D eigenvalue weighted by Crippen LogP contribution is 2.25. The molecule has 0 spiro atoms. The Balaban J connectivity index is -0.000000131. The van der Waals surface area contributed by atoms with E-state index in [0.29, 0.717) is 0 Å². The lowest BCUT2D eigenvalue weighted by Gasteiger charge is -1.82. The van der Waals surface area contributed by atoms with Gasteiger partial charge in [0.25, 0.3) is 0 Å². The molecule has 14 heavy (non-hydrogen) atoms. The lowest BCUT2D eigenvalue weighted by Crippen LogP contribution is -1.89. The van der Waals surface area contributed by atoms with Gasteiger partial charge in [-0.3, -0.25) is 13.7 Å². The zero-order chi connectivity index (χ0) is 12.6. The van der Waals surface area contributed by atoms with Crippen molar-refractivity contribution in [2.24, 2.45) is 0 Å². The average Bonchev–Trinajstić information content (AvgIpc) is 1.45. The molecule has 0 aliphatic heterocycles. The molecule has 0 bridgehead atoms. The lowest BCUT2D eigenvalue weighted by atomic mass is 15.8. The van der Waals surface area contributed by atoms with E-state index in [2.05, 4.69) is 0 Å². The Bertz CT molecular complexity index is 258. The smallest absolute Gasteiger partial charge is 0.326 e. The van der Waals surface area contributed by atoms with E-state index >= 15 is 0 Å². The summed E-state index contributed by atoms with van der Waals surface area (Å²) in [6.07, 6.45) is 0. The maximum absolute atomic E-state index is 8.88. The van der Waals surface area contributed by atoms with Crippen LogP contribution in [-0.2, 0) is 19.5 Å². The average molecular weight is 278 g/mol. The SMILES string of the molecule is O=P(O)(O)O.O=S(=O)(O)O.O=[PH](O)O. The van der Waals surface area contributed by atoms with Crippen LogP contribution in [0.4, 0.5) is 0 Å². The highest BCUT2D eigenvalue weighted by Gasteiger charge is 2.00. The molecule has 0 aromatic rings. The third-order valence-corrected chi connectivity index (χ3v) is 0. The first-order chi connectivity index (χ1) is 5.73. The predicted molar refractivity (Wildman–Crippen MR) is 41.9 cm³/mol. The maximum Gasteiger partial charge on any atom is 0.466 e. The summed E-state index contributed by atoms with van der Waals surface area (Å²) in [6, 6.07) is 0. The van der Waals surface area contributed by atoms with Crippen molar-refractivity contribution in [1.29, 1.82) is 0 Å². The van der Waals surface area contributed by atoms with Crippen molar-refractivity contribution in [3.63, 3.8) is 0 Å². The molecular weight excluding hydrogens is 270 g/mol. The molecule has 0 heterocycles. The molecule has 0 saturated carbocycles. The molecule has 0 amide bonds. The minimum atomic E-state index is -4.67. The van der Waals surface area contributed by atoms with E-state index in [0.717, 1.165) is 0 Å². The molecule has 14 heteroatoms. The molecule has 0 atom stereocenters. The highest BCUT2D eigenvalue weighted by molar-refractivity contribution is 7.79. The molecule has 0 unspecified atom stereocenters. The van der Waals surface area contributed by atoms with Gasteiger partial charge in [0.15, 0.2) is 0 Å². The lowest BCUT2D eigenvalue weighted by molar-refractivity contribution is 0.275. The fourth-order valence-electron chi connectivity index (χ4n) is 0. The van der Waals surface area contributed by atoms with Crippen LogP contribution in [0.3, 0.4) is 0 Å². The van der Waals surface area contributed by atoms with Crippen LogP contribution in [0.5, 0.6) is 0 Å². The van der Waals surface area contributed by atoms with Crippen molar-refractivity contribution in [3.8, 4) is 0 Å². The number of rotatable bonds is 0. The van der Waals surface area contributed by atoms with Crippen LogP contribution in [0, 0.1) is 0 Å². The summed E-state index contributed by atoms with van der Waals surface area (Å²) in [5.41, 5.74) is 0. The van der Waals surface area contributed by atoms with E-state index in [-0.39, 0.29) is 0 Å². The molecule has 0 rings (SSSR count). The summed E-state index contributed by atoms with van der Waals surface area (Å²) in [6.45, 7) is 0. The fourth-order valence-corrected chi connectivity index (χ4v) is 0. The van der Waals surface area contributed by atoms with E-state index in [1.165, 1.54) is 0 Å². The normalized spacial score (nSPS) is 10.9. The zero-order valence-electron chi connectivity index (χ0n) is 6.12. The van der Waals surface area contributed by atoms with E-state index < -0.39 is 26.5 Å². The van der Waals surface area contributed by atoms with Gasteiger partial charge in [-0.15, -0.1) is 0 Å². The molecule has 0 aliphatic carbocycles. The highest BCUT2D eigenvalue weighted by atomic mass is 32.3. The summed E-state index contributed by atoms with van der Waals surface area (Å²) in [4.78, 5) is 35.9. The second-order valence-corrected chi connectivity index (χ2v) is 3.73. The molecule has 0 aliphatic rings. The van der Waals surface area contributed by atoms with Crippen LogP contribution in [0.25, 0.3) is 0 Å². The van der Waals surface area contributed by atoms with E-state index in [1.807, 2.05) is 0 Å². The van der Waals surface area contributed by atoms with Gasteiger partial charge in [-0.05, 0) is 0 Å². The van der Waals surface area contributed by atoms with Crippen molar-refractivity contribution < 1.29 is 51.1 Å². The Hall–Kier alpha value is 0.130. The second kappa shape index (κ2) is 8.44. The number of hydrogen-bond acceptors (Lipinski definition) is 4. The van der Waals surface area contributed by atoms with Gasteiger partial charge in [0.2, 0.25) is 0 Å². The standard InChI is InChI=1S/H3O4P.H2O4S.H3O3P/c2*1-5(2,3)4;1-4(2)3/h(H3,1,2,3,4);(H2,1,2,3,4);4H,(H2,1,2,3). The van der Waals surface area contributed by atoms with Gasteiger partial charge in [-0.25, -0.2) is 4.57 Å². The molecule has 11 nitrogen and oxygen atoms in total. The summed E-state index contributed by atoms with van der Waals surface area (Å²) in [5.74, 6) is 0. The minimum Gasteiger partial charge on any atom is -0.326 e. The first-order valence-electron chi connectivity index (χ1n) is 2.13. The van der Waals surface area contributed by atoms with Gasteiger partial charge in [0.1, 0.15) is 0 Å². The Morgan fingerprint density at radius 1 is 1.00 bits per heavy atom. The van der Waals surface area contributed by atoms with Crippen molar-refractivity contribution in [2.45, 2.75) is 0 Å². The van der Waals surface area contributed by atoms with Crippen LogP contribution in [0.2, 0.25) is 0 Å². The van der Waals surface area contributed by atoms with Crippen LogP contribution < -0.4 is 0 Å². The predicted octanol–water partition coefficient (Wildman–Crippen LogP) is -2.22. The van der Waals surface area contributed by atoms with Gasteiger partial charge < -0.3 is 24.5 Å². The van der Waals surface area contributed by atoms with E-state index in [4.69, 9.17) is 51.1 Å². The molecule has 90 valence electrons. The van der Waals surface area contributed by atoms with Gasteiger partial charge in [0, 0.05) is 0 Å². The molecule has 0 saturated heterocycles. The van der Waals surface area contributed by atoms with Crippen molar-refractivity contribution in [2.75, 3.05) is 0 Å². The fraction of sp³-hybridized carbons (Fsp3) is 0. The topological polar surface area (TPSA) is 210 Å². The monoisotopic (exact) mass is 278 g/mol. The second-order valence-electron chi connectivity index (χ2n) is 1.24. The zero-order valence-corrected chi connectivity index (χ0v) is 8.83. The largest absolute Gasteiger partial charge is 0.466 e. The van der Waals surface area contributed by atoms with E-state index in [9.17, 15) is 0 Å². The molecule has 0 fully saturated rings. The molecule has 0 aromatic heterocycles. The van der Waals surface area contributed by atoms with Gasteiger partial charge in [-0.1, -0.05) is 0 Å². The Morgan fingerprint density at radius 3 is 1.00 bits per heavy atom. The van der Waals surface area contributed by atoms with Crippen LogP contribution in [0.15, 0.2) is 0 Å². The number of phosphoric acid groups is 1. The molecule has 0 aromatic carbocycles. The van der Waals surface area contributed by atoms with Crippen molar-refractivity contribution >= 4 is 26.5 Å². The molecule has 7 N–H and O–H groups in total. The van der Waals surface area contributed by atoms with Gasteiger partial charge >= 0.3 is 26.5 Å². The Kier molecular flexibility index (Phi) is 11.9. The van der Waals surface area contributed by atoms with Crippen molar-refractivity contribution in [1.82, 2.24) is 0 Å². The first-order valence-corrected chi connectivity index (χ1v) is 6.40. The summed E-state index contributed by atoms with van der Waals surface area (Å²) in [5, 5.41) is 0. The Morgan fingerprint density at radius 2 is 1.00 bits per heavy atom. The quantitative estimate of drug-likeness (QED) is 0.186. The van der Waals surface area contributed by atoms with Crippen LogP contribution in [-0.4, -0.2) is 42.0 Å². The van der Waals surface area contributed by atoms with Crippen molar-refractivity contribution in [3.05, 3.63) is 0 Å². The summed E-state index contributed by atoms with van der Waals surface area (Å²) in [7, 11) is -12.4.